The first-order chi connectivity index (χ1) is 12.1. The van der Waals surface area contributed by atoms with Gasteiger partial charge in [-0.15, -0.1) is 3.89 Å². The Morgan fingerprint density at radius 3 is 2.38 bits per heavy atom. The van der Waals surface area contributed by atoms with Crippen molar-refractivity contribution >= 4 is 10.2 Å². The highest BCUT2D eigenvalue weighted by Gasteiger charge is 2.30. The molecule has 1 aliphatic rings. The lowest BCUT2D eigenvalue weighted by atomic mass is 9.92. The van der Waals surface area contributed by atoms with Gasteiger partial charge in [-0.1, -0.05) is 12.2 Å². The van der Waals surface area contributed by atoms with Gasteiger partial charge in [-0.05, 0) is 56.8 Å². The second-order valence-corrected chi connectivity index (χ2v) is 7.22. The molecule has 1 aromatic carbocycles. The molecule has 0 heterocycles. The highest BCUT2D eigenvalue weighted by molar-refractivity contribution is 7.90. The van der Waals surface area contributed by atoms with Crippen LogP contribution in [0.1, 0.15) is 18.4 Å². The van der Waals surface area contributed by atoms with Gasteiger partial charge in [0.05, 0.1) is 10.5 Å². The number of ether oxygens (including phenoxy) is 1. The minimum Gasteiger partial charge on any atom is -0.490 e. The van der Waals surface area contributed by atoms with Gasteiger partial charge in [0.1, 0.15) is 11.9 Å². The lowest BCUT2D eigenvalue weighted by Gasteiger charge is -2.27. The molecule has 9 heteroatoms. The average molecular weight is 393 g/mol. The van der Waals surface area contributed by atoms with Crippen molar-refractivity contribution in [2.45, 2.75) is 25.1 Å². The van der Waals surface area contributed by atoms with Crippen LogP contribution in [0.4, 0.5) is 17.1 Å². The topological polar surface area (TPSA) is 55.4 Å². The fraction of sp³-hybridized carbons (Fsp3) is 0.412. The number of hydrogen-bond acceptors (Lipinski definition) is 4. The second kappa shape index (κ2) is 8.22. The standard InChI is InChI=1S/C17H19F4NO3S/c1-22-11-10-16(12-2-8-15(9-3-12)26(21,23)24)25-14-6-4-13(5-7-14)17(18,19)20/h2,4-9,12,16,22H,3,10-11H2,1H3. The van der Waals surface area contributed by atoms with Crippen molar-refractivity contribution in [3.63, 3.8) is 0 Å². The zero-order valence-electron chi connectivity index (χ0n) is 14.0. The highest BCUT2D eigenvalue weighted by atomic mass is 32.3. The van der Waals surface area contributed by atoms with Crippen molar-refractivity contribution in [1.82, 2.24) is 5.32 Å². The van der Waals surface area contributed by atoms with Crippen LogP contribution in [-0.4, -0.2) is 28.1 Å². The van der Waals surface area contributed by atoms with E-state index in [1.807, 2.05) is 0 Å². The van der Waals surface area contributed by atoms with Gasteiger partial charge in [-0.3, -0.25) is 0 Å². The molecule has 4 nitrogen and oxygen atoms in total. The summed E-state index contributed by atoms with van der Waals surface area (Å²) < 4.78 is 78.5. The third-order valence-electron chi connectivity index (χ3n) is 4.01. The molecule has 0 amide bonds. The summed E-state index contributed by atoms with van der Waals surface area (Å²) >= 11 is 0. The predicted octanol–water partition coefficient (Wildman–Crippen LogP) is 3.82. The van der Waals surface area contributed by atoms with Crippen molar-refractivity contribution in [1.29, 1.82) is 0 Å². The Labute approximate surface area is 149 Å². The van der Waals surface area contributed by atoms with E-state index < -0.39 is 33.0 Å². The normalized spacial score (nSPS) is 19.1. The summed E-state index contributed by atoms with van der Waals surface area (Å²) in [4.78, 5) is -0.393. The number of benzene rings is 1. The molecule has 0 saturated carbocycles. The molecule has 0 saturated heterocycles. The fourth-order valence-electron chi connectivity index (χ4n) is 2.62. The van der Waals surface area contributed by atoms with E-state index in [1.165, 1.54) is 24.3 Å². The van der Waals surface area contributed by atoms with Crippen LogP contribution in [-0.2, 0) is 16.4 Å². The molecule has 2 rings (SSSR count). The molecule has 0 aromatic heterocycles. The number of nitrogens with one attached hydrogen (secondary N) is 1. The van der Waals surface area contributed by atoms with Gasteiger partial charge in [-0.25, -0.2) is 0 Å². The van der Waals surface area contributed by atoms with Gasteiger partial charge in [0.15, 0.2) is 0 Å². The Morgan fingerprint density at radius 2 is 1.92 bits per heavy atom. The van der Waals surface area contributed by atoms with Crippen molar-refractivity contribution in [3.8, 4) is 5.75 Å². The molecule has 0 aliphatic heterocycles. The van der Waals surface area contributed by atoms with E-state index in [-0.39, 0.29) is 18.1 Å². The van der Waals surface area contributed by atoms with Crippen molar-refractivity contribution in [3.05, 3.63) is 53.0 Å². The van der Waals surface area contributed by atoms with Crippen LogP contribution in [0, 0.1) is 5.92 Å². The van der Waals surface area contributed by atoms with E-state index in [2.05, 4.69) is 5.32 Å². The van der Waals surface area contributed by atoms with Gasteiger partial charge < -0.3 is 10.1 Å². The Bertz CT molecular complexity index is 770. The van der Waals surface area contributed by atoms with E-state index in [4.69, 9.17) is 4.74 Å². The Morgan fingerprint density at radius 1 is 1.27 bits per heavy atom. The van der Waals surface area contributed by atoms with E-state index in [1.54, 1.807) is 13.1 Å². The van der Waals surface area contributed by atoms with E-state index >= 15 is 0 Å². The first-order valence-corrected chi connectivity index (χ1v) is 9.31. The quantitative estimate of drug-likeness (QED) is 0.565. The van der Waals surface area contributed by atoms with E-state index in [0.717, 1.165) is 12.1 Å². The lowest BCUT2D eigenvalue weighted by molar-refractivity contribution is -0.137. The van der Waals surface area contributed by atoms with Gasteiger partial charge in [0.2, 0.25) is 0 Å². The SMILES string of the molecule is CNCCC(Oc1ccc(C(F)(F)F)cc1)C1C=CC(S(=O)(=O)F)=CC1. The molecular weight excluding hydrogens is 374 g/mol. The molecule has 2 unspecified atom stereocenters. The average Bonchev–Trinajstić information content (AvgIpc) is 2.57. The van der Waals surface area contributed by atoms with Crippen molar-refractivity contribution in [2.24, 2.45) is 5.92 Å². The zero-order valence-corrected chi connectivity index (χ0v) is 14.8. The van der Waals surface area contributed by atoms with Crippen LogP contribution in [0.2, 0.25) is 0 Å². The van der Waals surface area contributed by atoms with Crippen molar-refractivity contribution < 1.29 is 30.2 Å². The minimum absolute atomic E-state index is 0.226. The molecule has 2 atom stereocenters. The summed E-state index contributed by atoms with van der Waals surface area (Å²) in [5, 5.41) is 2.96. The molecule has 1 aromatic rings. The maximum absolute atomic E-state index is 13.0. The van der Waals surface area contributed by atoms with Crippen LogP contribution in [0.3, 0.4) is 0 Å². The fourth-order valence-corrected chi connectivity index (χ4v) is 3.15. The smallest absolute Gasteiger partial charge is 0.416 e. The highest BCUT2D eigenvalue weighted by Crippen LogP contribution is 2.32. The number of hydrogen-bond donors (Lipinski definition) is 1. The van der Waals surface area contributed by atoms with Crippen LogP contribution in [0.15, 0.2) is 47.4 Å². The Hall–Kier alpha value is -1.87. The third-order valence-corrected chi connectivity index (χ3v) is 4.87. The van der Waals surface area contributed by atoms with Gasteiger partial charge in [-0.2, -0.15) is 21.6 Å². The number of halogens is 4. The van der Waals surface area contributed by atoms with Crippen molar-refractivity contribution in [2.75, 3.05) is 13.6 Å². The molecule has 144 valence electrons. The summed E-state index contributed by atoms with van der Waals surface area (Å²) in [6, 6.07) is 4.37. The minimum atomic E-state index is -4.75. The molecular formula is C17H19F4NO3S. The molecule has 1 N–H and O–H groups in total. The largest absolute Gasteiger partial charge is 0.490 e. The van der Waals surface area contributed by atoms with Gasteiger partial charge in [0, 0.05) is 5.92 Å². The first kappa shape index (κ1) is 20.4. The third kappa shape index (κ3) is 5.57. The number of rotatable bonds is 7. The van der Waals surface area contributed by atoms with E-state index in [9.17, 15) is 25.5 Å². The second-order valence-electron chi connectivity index (χ2n) is 5.87. The Kier molecular flexibility index (Phi) is 6.46. The predicted molar refractivity (Wildman–Crippen MR) is 89.8 cm³/mol. The molecule has 26 heavy (non-hydrogen) atoms. The molecule has 1 aliphatic carbocycles. The summed E-state index contributed by atoms with van der Waals surface area (Å²) in [5.41, 5.74) is -0.769. The van der Waals surface area contributed by atoms with E-state index in [0.29, 0.717) is 13.0 Å². The van der Waals surface area contributed by atoms with Crippen LogP contribution >= 0.6 is 0 Å². The molecule has 0 fully saturated rings. The maximum atomic E-state index is 13.0. The summed E-state index contributed by atoms with van der Waals surface area (Å²) in [5.74, 6) is 0.0523. The van der Waals surface area contributed by atoms with Gasteiger partial charge in [0.25, 0.3) is 0 Å². The molecule has 0 radical (unpaired) electrons. The molecule has 0 spiro atoms. The lowest BCUT2D eigenvalue weighted by Crippen LogP contribution is -2.30. The first-order valence-electron chi connectivity index (χ1n) is 7.93. The summed E-state index contributed by atoms with van der Waals surface area (Å²) in [7, 11) is -3.01. The number of alkyl halides is 3. The van der Waals surface area contributed by atoms with Gasteiger partial charge >= 0.3 is 16.4 Å². The van der Waals surface area contributed by atoms with Crippen LogP contribution in [0.25, 0.3) is 0 Å². The number of allylic oxidation sites excluding steroid dienone is 2. The van der Waals surface area contributed by atoms with Crippen LogP contribution in [0.5, 0.6) is 5.75 Å². The Balaban J connectivity index is 2.11. The maximum Gasteiger partial charge on any atom is 0.416 e. The zero-order chi connectivity index (χ0) is 19.4. The van der Waals surface area contributed by atoms with Crippen LogP contribution < -0.4 is 10.1 Å². The summed E-state index contributed by atoms with van der Waals surface area (Å²) in [6.45, 7) is 0.591. The monoisotopic (exact) mass is 393 g/mol. The molecule has 0 bridgehead atoms. The summed E-state index contributed by atoms with van der Waals surface area (Å²) in [6.07, 6.45) is -0.0154.